The van der Waals surface area contributed by atoms with Gasteiger partial charge in [-0.1, -0.05) is 0 Å². The lowest BCUT2D eigenvalue weighted by Gasteiger charge is -2.28. The van der Waals surface area contributed by atoms with Crippen LogP contribution < -0.4 is 4.72 Å². The standard InChI is InChI=1S/C11H15N3O4S/c15-11(16)9-6-1-2-7(3-6)10(9)14-19(17,18)8-4-12-13-5-8/h4-7,9-10,14H,1-3H2,(H,12,13)(H,15,16). The van der Waals surface area contributed by atoms with E-state index < -0.39 is 28.0 Å². The highest BCUT2D eigenvalue weighted by Gasteiger charge is 2.52. The second kappa shape index (κ2) is 4.31. The lowest BCUT2D eigenvalue weighted by Crippen LogP contribution is -2.46. The summed E-state index contributed by atoms with van der Waals surface area (Å²) in [4.78, 5) is 11.4. The number of carbonyl (C=O) groups is 1. The minimum absolute atomic E-state index is 0.0411. The fraction of sp³-hybridized carbons (Fsp3) is 0.636. The first kappa shape index (κ1) is 12.6. The number of fused-ring (bicyclic) bond motifs is 2. The van der Waals surface area contributed by atoms with Gasteiger partial charge >= 0.3 is 5.97 Å². The minimum atomic E-state index is -3.70. The van der Waals surface area contributed by atoms with E-state index in [4.69, 9.17) is 0 Å². The Morgan fingerprint density at radius 1 is 1.42 bits per heavy atom. The number of hydrogen-bond donors (Lipinski definition) is 3. The number of aromatic nitrogens is 2. The average Bonchev–Trinajstić information content (AvgIpc) is 3.05. The zero-order valence-corrected chi connectivity index (χ0v) is 10.9. The Labute approximate surface area is 110 Å². The molecule has 2 aliphatic carbocycles. The zero-order valence-electron chi connectivity index (χ0n) is 10.1. The molecular formula is C11H15N3O4S. The lowest BCUT2D eigenvalue weighted by molar-refractivity contribution is -0.144. The molecule has 1 aromatic rings. The van der Waals surface area contributed by atoms with Gasteiger partial charge in [-0.2, -0.15) is 5.10 Å². The van der Waals surface area contributed by atoms with Crippen LogP contribution in [0, 0.1) is 17.8 Å². The molecule has 104 valence electrons. The van der Waals surface area contributed by atoms with Crippen molar-refractivity contribution in [1.82, 2.24) is 14.9 Å². The van der Waals surface area contributed by atoms with Gasteiger partial charge in [-0.3, -0.25) is 9.89 Å². The minimum Gasteiger partial charge on any atom is -0.481 e. The number of H-pyrrole nitrogens is 1. The van der Waals surface area contributed by atoms with E-state index in [1.807, 2.05) is 0 Å². The maximum absolute atomic E-state index is 12.1. The third-order valence-electron chi connectivity index (χ3n) is 4.28. The molecule has 0 aromatic carbocycles. The number of nitrogens with zero attached hydrogens (tertiary/aromatic N) is 1. The summed E-state index contributed by atoms with van der Waals surface area (Å²) in [6, 6.07) is -0.504. The molecule has 2 bridgehead atoms. The van der Waals surface area contributed by atoms with Crippen molar-refractivity contribution in [3.05, 3.63) is 12.4 Å². The van der Waals surface area contributed by atoms with Gasteiger partial charge in [-0.25, -0.2) is 13.1 Å². The molecule has 1 aromatic heterocycles. The molecule has 4 unspecified atom stereocenters. The first-order valence-corrected chi connectivity index (χ1v) is 7.71. The Morgan fingerprint density at radius 3 is 2.79 bits per heavy atom. The summed E-state index contributed by atoms with van der Waals surface area (Å²) in [6.45, 7) is 0. The average molecular weight is 285 g/mol. The highest BCUT2D eigenvalue weighted by Crippen LogP contribution is 2.48. The van der Waals surface area contributed by atoms with Crippen molar-refractivity contribution in [2.45, 2.75) is 30.2 Å². The number of aliphatic carboxylic acids is 1. The molecule has 8 heteroatoms. The lowest BCUT2D eigenvalue weighted by atomic mass is 9.85. The van der Waals surface area contributed by atoms with Crippen molar-refractivity contribution in [1.29, 1.82) is 0 Å². The SMILES string of the molecule is O=C(O)C1C2CCC(C2)C1NS(=O)(=O)c1cn[nH]c1. The number of hydrogen-bond acceptors (Lipinski definition) is 4. The smallest absolute Gasteiger partial charge is 0.308 e. The molecule has 7 nitrogen and oxygen atoms in total. The molecule has 0 amide bonds. The number of carboxylic acids is 1. The summed E-state index contributed by atoms with van der Waals surface area (Å²) in [5.41, 5.74) is 0. The van der Waals surface area contributed by atoms with Gasteiger partial charge in [0.2, 0.25) is 10.0 Å². The van der Waals surface area contributed by atoms with Gasteiger partial charge in [0.15, 0.2) is 0 Å². The highest BCUT2D eigenvalue weighted by atomic mass is 32.2. The van der Waals surface area contributed by atoms with E-state index in [9.17, 15) is 18.3 Å². The highest BCUT2D eigenvalue weighted by molar-refractivity contribution is 7.89. The van der Waals surface area contributed by atoms with E-state index in [1.54, 1.807) is 0 Å². The second-order valence-electron chi connectivity index (χ2n) is 5.28. The van der Waals surface area contributed by atoms with E-state index in [0.29, 0.717) is 0 Å². The van der Waals surface area contributed by atoms with Crippen LogP contribution in [0.4, 0.5) is 0 Å². The molecule has 2 saturated carbocycles. The molecule has 2 aliphatic rings. The van der Waals surface area contributed by atoms with E-state index in [0.717, 1.165) is 19.3 Å². The second-order valence-corrected chi connectivity index (χ2v) is 6.99. The van der Waals surface area contributed by atoms with E-state index in [-0.39, 0.29) is 16.7 Å². The van der Waals surface area contributed by atoms with Crippen molar-refractivity contribution >= 4 is 16.0 Å². The normalized spacial score (nSPS) is 33.7. The van der Waals surface area contributed by atoms with Crippen molar-refractivity contribution < 1.29 is 18.3 Å². The Kier molecular flexibility index (Phi) is 2.86. The zero-order chi connectivity index (χ0) is 13.6. The largest absolute Gasteiger partial charge is 0.481 e. The molecule has 0 radical (unpaired) electrons. The Balaban J connectivity index is 1.85. The maximum Gasteiger partial charge on any atom is 0.308 e. The molecule has 0 spiro atoms. The molecule has 0 saturated heterocycles. The molecule has 3 rings (SSSR count). The third-order valence-corrected chi connectivity index (χ3v) is 5.70. The van der Waals surface area contributed by atoms with E-state index in [1.165, 1.54) is 12.4 Å². The van der Waals surface area contributed by atoms with Gasteiger partial charge in [0, 0.05) is 12.2 Å². The van der Waals surface area contributed by atoms with Gasteiger partial charge in [-0.15, -0.1) is 0 Å². The van der Waals surface area contributed by atoms with Crippen LogP contribution in [0.5, 0.6) is 0 Å². The Morgan fingerprint density at radius 2 is 2.16 bits per heavy atom. The first-order chi connectivity index (χ1) is 8.99. The van der Waals surface area contributed by atoms with Crippen LogP contribution in [-0.2, 0) is 14.8 Å². The van der Waals surface area contributed by atoms with Gasteiger partial charge in [-0.05, 0) is 31.1 Å². The van der Waals surface area contributed by atoms with Crippen LogP contribution in [0.15, 0.2) is 17.3 Å². The summed E-state index contributed by atoms with van der Waals surface area (Å²) >= 11 is 0. The number of nitrogens with one attached hydrogen (secondary N) is 2. The summed E-state index contributed by atoms with van der Waals surface area (Å²) < 4.78 is 26.8. The van der Waals surface area contributed by atoms with Crippen molar-refractivity contribution in [3.63, 3.8) is 0 Å². The summed E-state index contributed by atoms with van der Waals surface area (Å²) in [6.07, 6.45) is 5.07. The molecule has 19 heavy (non-hydrogen) atoms. The Bertz CT molecular complexity index is 583. The molecule has 2 fully saturated rings. The van der Waals surface area contributed by atoms with Crippen LogP contribution in [0.1, 0.15) is 19.3 Å². The summed E-state index contributed by atoms with van der Waals surface area (Å²) in [5.74, 6) is -1.29. The van der Waals surface area contributed by atoms with Crippen LogP contribution in [-0.4, -0.2) is 35.7 Å². The predicted octanol–water partition coefficient (Wildman–Crippen LogP) is 0.187. The van der Waals surface area contributed by atoms with Crippen molar-refractivity contribution in [2.75, 3.05) is 0 Å². The number of carboxylic acid groups (broad SMARTS) is 1. The van der Waals surface area contributed by atoms with Gasteiger partial charge in [0.05, 0.1) is 12.1 Å². The fourth-order valence-corrected chi connectivity index (χ4v) is 4.68. The van der Waals surface area contributed by atoms with Crippen molar-refractivity contribution in [3.8, 4) is 0 Å². The summed E-state index contributed by atoms with van der Waals surface area (Å²) in [5, 5.41) is 15.3. The topological polar surface area (TPSA) is 112 Å². The fourth-order valence-electron chi connectivity index (χ4n) is 3.45. The predicted molar refractivity (Wildman–Crippen MR) is 64.7 cm³/mol. The van der Waals surface area contributed by atoms with Crippen LogP contribution in [0.2, 0.25) is 0 Å². The molecule has 1 heterocycles. The van der Waals surface area contributed by atoms with Crippen LogP contribution in [0.3, 0.4) is 0 Å². The van der Waals surface area contributed by atoms with Crippen LogP contribution >= 0.6 is 0 Å². The maximum atomic E-state index is 12.1. The third kappa shape index (κ3) is 2.04. The number of sulfonamides is 1. The molecule has 3 N–H and O–H groups in total. The number of aromatic amines is 1. The van der Waals surface area contributed by atoms with Gasteiger partial charge in [0.1, 0.15) is 4.90 Å². The monoisotopic (exact) mass is 285 g/mol. The molecule has 4 atom stereocenters. The quantitative estimate of drug-likeness (QED) is 0.731. The van der Waals surface area contributed by atoms with Crippen molar-refractivity contribution in [2.24, 2.45) is 17.8 Å². The van der Waals surface area contributed by atoms with Crippen LogP contribution in [0.25, 0.3) is 0 Å². The molecular weight excluding hydrogens is 270 g/mol. The van der Waals surface area contributed by atoms with Gasteiger partial charge in [0.25, 0.3) is 0 Å². The number of rotatable bonds is 4. The van der Waals surface area contributed by atoms with E-state index >= 15 is 0 Å². The Hall–Kier alpha value is -1.41. The summed E-state index contributed by atoms with van der Waals surface area (Å²) in [7, 11) is -3.70. The van der Waals surface area contributed by atoms with E-state index in [2.05, 4.69) is 14.9 Å². The first-order valence-electron chi connectivity index (χ1n) is 6.23. The molecule has 0 aliphatic heterocycles. The van der Waals surface area contributed by atoms with Gasteiger partial charge < -0.3 is 5.11 Å².